The van der Waals surface area contributed by atoms with Crippen molar-refractivity contribution in [3.8, 4) is 0 Å². The molecule has 1 aromatic heterocycles. The van der Waals surface area contributed by atoms with Crippen molar-refractivity contribution in [3.63, 3.8) is 0 Å². The van der Waals surface area contributed by atoms with Crippen molar-refractivity contribution in [2.75, 3.05) is 32.8 Å². The molecule has 2 aliphatic rings. The molecular weight excluding hydrogens is 266 g/mol. The van der Waals surface area contributed by atoms with E-state index >= 15 is 0 Å². The first-order valence-electron chi connectivity index (χ1n) is 7.44. The number of carbonyl (C=O) groups excluding carboxylic acids is 1. The number of hydrogen-bond acceptors (Lipinski definition) is 4. The summed E-state index contributed by atoms with van der Waals surface area (Å²) in [4.78, 5) is 20.8. The van der Waals surface area contributed by atoms with Crippen molar-refractivity contribution in [2.24, 2.45) is 0 Å². The third-order valence-corrected chi connectivity index (χ3v) is 4.24. The van der Waals surface area contributed by atoms with Crippen LogP contribution >= 0.6 is 0 Å². The fourth-order valence-corrected chi connectivity index (χ4v) is 3.18. The van der Waals surface area contributed by atoms with Crippen LogP contribution in [0.5, 0.6) is 0 Å². The molecule has 0 bridgehead atoms. The monoisotopic (exact) mass is 287 g/mol. The maximum atomic E-state index is 12.5. The van der Waals surface area contributed by atoms with Gasteiger partial charge in [-0.15, -0.1) is 6.58 Å². The van der Waals surface area contributed by atoms with Crippen LogP contribution in [-0.2, 0) is 4.74 Å². The minimum absolute atomic E-state index is 0.104. The quantitative estimate of drug-likeness (QED) is 0.780. The summed E-state index contributed by atoms with van der Waals surface area (Å²) >= 11 is 0. The topological polar surface area (TPSA) is 45.7 Å². The number of hydrogen-bond donors (Lipinski definition) is 0. The van der Waals surface area contributed by atoms with Crippen LogP contribution in [0.3, 0.4) is 0 Å². The molecule has 0 unspecified atom stereocenters. The van der Waals surface area contributed by atoms with E-state index in [0.717, 1.165) is 38.2 Å². The van der Waals surface area contributed by atoms with Gasteiger partial charge in [0.15, 0.2) is 0 Å². The Labute approximate surface area is 125 Å². The van der Waals surface area contributed by atoms with Crippen LogP contribution in [0.15, 0.2) is 37.2 Å². The molecule has 2 aliphatic heterocycles. The molecule has 112 valence electrons. The Balaban J connectivity index is 1.60. The predicted molar refractivity (Wildman–Crippen MR) is 80.1 cm³/mol. The lowest BCUT2D eigenvalue weighted by Gasteiger charge is -2.37. The summed E-state index contributed by atoms with van der Waals surface area (Å²) in [5.74, 6) is 0.104. The average Bonchev–Trinajstić information content (AvgIpc) is 2.95. The molecule has 2 saturated heterocycles. The van der Waals surface area contributed by atoms with Crippen LogP contribution in [0.2, 0.25) is 0 Å². The molecule has 21 heavy (non-hydrogen) atoms. The van der Waals surface area contributed by atoms with E-state index in [4.69, 9.17) is 4.74 Å². The van der Waals surface area contributed by atoms with E-state index in [-0.39, 0.29) is 12.0 Å². The lowest BCUT2D eigenvalue weighted by atomic mass is 10.1. The molecule has 3 rings (SSSR count). The van der Waals surface area contributed by atoms with Gasteiger partial charge in [-0.3, -0.25) is 14.7 Å². The summed E-state index contributed by atoms with van der Waals surface area (Å²) < 4.78 is 5.75. The first-order chi connectivity index (χ1) is 10.3. The molecule has 0 radical (unpaired) electrons. The standard InChI is InChI=1S/C16H21N3O2/c1-2-9-21-15-10-14-11-19(8-7-18(14)12-15)16(20)13-3-5-17-6-4-13/h2-6,14-15H,1,7-12H2/t14-,15-/m1/s1. The number of aromatic nitrogens is 1. The van der Waals surface area contributed by atoms with Crippen LogP contribution in [-0.4, -0.2) is 65.6 Å². The fraction of sp³-hybridized carbons (Fsp3) is 0.500. The number of ether oxygens (including phenoxy) is 1. The second-order valence-electron chi connectivity index (χ2n) is 5.62. The molecule has 2 fully saturated rings. The van der Waals surface area contributed by atoms with Crippen LogP contribution in [0.25, 0.3) is 0 Å². The van der Waals surface area contributed by atoms with E-state index in [0.29, 0.717) is 12.6 Å². The Morgan fingerprint density at radius 2 is 2.19 bits per heavy atom. The van der Waals surface area contributed by atoms with Crippen LogP contribution in [0.1, 0.15) is 16.8 Å². The fourth-order valence-electron chi connectivity index (χ4n) is 3.18. The summed E-state index contributed by atoms with van der Waals surface area (Å²) in [6, 6.07) is 3.97. The van der Waals surface area contributed by atoms with Crippen LogP contribution < -0.4 is 0 Å². The molecule has 3 heterocycles. The van der Waals surface area contributed by atoms with Crippen LogP contribution in [0.4, 0.5) is 0 Å². The highest BCUT2D eigenvalue weighted by atomic mass is 16.5. The number of pyridine rings is 1. The Bertz CT molecular complexity index is 506. The van der Waals surface area contributed by atoms with E-state index in [1.165, 1.54) is 0 Å². The molecule has 1 aromatic rings. The zero-order chi connectivity index (χ0) is 14.7. The van der Waals surface area contributed by atoms with Gasteiger partial charge in [0, 0.05) is 50.2 Å². The Hall–Kier alpha value is -1.72. The number of fused-ring (bicyclic) bond motifs is 1. The summed E-state index contributed by atoms with van der Waals surface area (Å²) in [6.07, 6.45) is 6.38. The zero-order valence-corrected chi connectivity index (χ0v) is 12.1. The molecule has 1 amide bonds. The SMILES string of the molecule is C=CCO[C@@H]1C[C@@H]2CN(C(=O)c3ccncc3)CCN2C1. The number of amides is 1. The van der Waals surface area contributed by atoms with E-state index in [1.54, 1.807) is 30.6 Å². The largest absolute Gasteiger partial charge is 0.373 e. The molecule has 0 aromatic carbocycles. The van der Waals surface area contributed by atoms with E-state index in [9.17, 15) is 4.79 Å². The van der Waals surface area contributed by atoms with Crippen molar-refractivity contribution < 1.29 is 9.53 Å². The van der Waals surface area contributed by atoms with Crippen molar-refractivity contribution in [1.29, 1.82) is 0 Å². The molecule has 5 heteroatoms. The Morgan fingerprint density at radius 1 is 1.38 bits per heavy atom. The highest BCUT2D eigenvalue weighted by Gasteiger charge is 2.37. The summed E-state index contributed by atoms with van der Waals surface area (Å²) in [7, 11) is 0. The minimum Gasteiger partial charge on any atom is -0.373 e. The van der Waals surface area contributed by atoms with Gasteiger partial charge in [0.2, 0.25) is 0 Å². The van der Waals surface area contributed by atoms with Gasteiger partial charge in [-0.05, 0) is 18.6 Å². The maximum Gasteiger partial charge on any atom is 0.254 e. The van der Waals surface area contributed by atoms with Gasteiger partial charge in [0.25, 0.3) is 5.91 Å². The number of carbonyl (C=O) groups is 1. The van der Waals surface area contributed by atoms with Gasteiger partial charge in [-0.2, -0.15) is 0 Å². The average molecular weight is 287 g/mol. The maximum absolute atomic E-state index is 12.5. The summed E-state index contributed by atoms with van der Waals surface area (Å²) in [5.41, 5.74) is 0.718. The zero-order valence-electron chi connectivity index (χ0n) is 12.1. The number of piperazine rings is 1. The van der Waals surface area contributed by atoms with Crippen molar-refractivity contribution in [3.05, 3.63) is 42.7 Å². The molecule has 2 atom stereocenters. The highest BCUT2D eigenvalue weighted by Crippen LogP contribution is 2.24. The van der Waals surface area contributed by atoms with Crippen molar-refractivity contribution >= 4 is 5.91 Å². The summed E-state index contributed by atoms with van der Waals surface area (Å²) in [6.45, 7) is 7.75. The second kappa shape index (κ2) is 6.37. The normalized spacial score (nSPS) is 25.6. The smallest absolute Gasteiger partial charge is 0.254 e. The third-order valence-electron chi connectivity index (χ3n) is 4.24. The molecular formula is C16H21N3O2. The first kappa shape index (κ1) is 14.2. The lowest BCUT2D eigenvalue weighted by Crippen LogP contribution is -2.52. The first-order valence-corrected chi connectivity index (χ1v) is 7.44. The van der Waals surface area contributed by atoms with Gasteiger partial charge in [0.05, 0.1) is 12.7 Å². The summed E-state index contributed by atoms with van der Waals surface area (Å²) in [5, 5.41) is 0. The number of nitrogens with zero attached hydrogens (tertiary/aromatic N) is 3. The molecule has 0 spiro atoms. The molecule has 0 saturated carbocycles. The van der Waals surface area contributed by atoms with E-state index < -0.39 is 0 Å². The van der Waals surface area contributed by atoms with E-state index in [1.807, 2.05) is 4.90 Å². The Kier molecular flexibility index (Phi) is 4.31. The van der Waals surface area contributed by atoms with Gasteiger partial charge >= 0.3 is 0 Å². The Morgan fingerprint density at radius 3 is 2.95 bits per heavy atom. The highest BCUT2D eigenvalue weighted by molar-refractivity contribution is 5.94. The molecule has 5 nitrogen and oxygen atoms in total. The second-order valence-corrected chi connectivity index (χ2v) is 5.62. The van der Waals surface area contributed by atoms with E-state index in [2.05, 4.69) is 16.5 Å². The van der Waals surface area contributed by atoms with Crippen LogP contribution in [0, 0.1) is 0 Å². The van der Waals surface area contributed by atoms with Gasteiger partial charge in [-0.25, -0.2) is 0 Å². The van der Waals surface area contributed by atoms with Gasteiger partial charge in [0.1, 0.15) is 0 Å². The lowest BCUT2D eigenvalue weighted by molar-refractivity contribution is 0.0561. The third kappa shape index (κ3) is 3.14. The predicted octanol–water partition coefficient (Wildman–Crippen LogP) is 1.18. The van der Waals surface area contributed by atoms with Gasteiger partial charge < -0.3 is 9.64 Å². The van der Waals surface area contributed by atoms with Crippen molar-refractivity contribution in [1.82, 2.24) is 14.8 Å². The van der Waals surface area contributed by atoms with Gasteiger partial charge in [-0.1, -0.05) is 6.08 Å². The molecule has 0 N–H and O–H groups in total. The number of rotatable bonds is 4. The van der Waals surface area contributed by atoms with Crippen molar-refractivity contribution in [2.45, 2.75) is 18.6 Å². The molecule has 0 aliphatic carbocycles. The minimum atomic E-state index is 0.104.